The van der Waals surface area contributed by atoms with Gasteiger partial charge in [-0.15, -0.1) is 0 Å². The van der Waals surface area contributed by atoms with Crippen LogP contribution < -0.4 is 19.3 Å². The lowest BCUT2D eigenvalue weighted by Gasteiger charge is -2.40. The highest BCUT2D eigenvalue weighted by atomic mass is 19.1. The minimum atomic E-state index is -1.02. The summed E-state index contributed by atoms with van der Waals surface area (Å²) >= 11 is 0. The number of hydrogen-bond acceptors (Lipinski definition) is 6. The smallest absolute Gasteiger partial charge is 0.315 e. The van der Waals surface area contributed by atoms with Crippen LogP contribution in [0.25, 0.3) is 0 Å². The number of esters is 1. The van der Waals surface area contributed by atoms with E-state index in [1.165, 1.54) is 29.2 Å². The summed E-state index contributed by atoms with van der Waals surface area (Å²) in [6.45, 7) is 2.72. The van der Waals surface area contributed by atoms with Crippen LogP contribution in [-0.4, -0.2) is 45.3 Å². The van der Waals surface area contributed by atoms with Crippen molar-refractivity contribution in [2.45, 2.75) is 39.2 Å². The van der Waals surface area contributed by atoms with Crippen molar-refractivity contribution in [2.24, 2.45) is 5.41 Å². The molecule has 2 aliphatic rings. The molecule has 1 fully saturated rings. The number of ether oxygens (including phenoxy) is 3. The van der Waals surface area contributed by atoms with Crippen molar-refractivity contribution in [1.82, 2.24) is 0 Å². The van der Waals surface area contributed by atoms with E-state index in [2.05, 4.69) is 0 Å². The first kappa shape index (κ1) is 29.3. The Morgan fingerprint density at radius 3 is 2.36 bits per heavy atom. The second kappa shape index (κ2) is 12.3. The molecule has 3 aromatic rings. The van der Waals surface area contributed by atoms with Crippen molar-refractivity contribution in [3.63, 3.8) is 0 Å². The van der Waals surface area contributed by atoms with Gasteiger partial charge in [0.1, 0.15) is 41.0 Å². The maximum atomic E-state index is 15.3. The number of carbonyl (C=O) groups is 2. The van der Waals surface area contributed by atoms with Crippen LogP contribution >= 0.6 is 0 Å². The predicted octanol–water partition coefficient (Wildman–Crippen LogP) is 5.82. The van der Waals surface area contributed by atoms with E-state index in [-0.39, 0.29) is 43.5 Å². The molecular formula is C32H33F3N2O5. The Balaban J connectivity index is 1.37. The third kappa shape index (κ3) is 5.89. The standard InChI is InChI=1S/C32H33F3N2O5/c1-3-41-31(39)32(14-16-36(17-15-32)27-11-6-22(33)18-26(27)35)20-42-28-12-10-25(34)30-24(28)9-13-29(38)37(30)19-21-4-7-23(40-2)8-5-21/h4-8,10-12,18H,3,9,13-17,19-20H2,1-2H3. The Hall–Kier alpha value is -4.21. The summed E-state index contributed by atoms with van der Waals surface area (Å²) < 4.78 is 60.0. The lowest BCUT2D eigenvalue weighted by Crippen LogP contribution is -2.48. The molecule has 5 rings (SSSR count). The van der Waals surface area contributed by atoms with Gasteiger partial charge in [0.25, 0.3) is 0 Å². The van der Waals surface area contributed by atoms with Gasteiger partial charge in [-0.05, 0) is 68.1 Å². The Labute approximate surface area is 242 Å². The molecule has 3 aromatic carbocycles. The molecule has 0 atom stereocenters. The second-order valence-electron chi connectivity index (χ2n) is 10.6. The third-order valence-electron chi connectivity index (χ3n) is 8.03. The van der Waals surface area contributed by atoms with Crippen LogP contribution in [0.1, 0.15) is 37.3 Å². The Morgan fingerprint density at radius 2 is 1.69 bits per heavy atom. The number of halogens is 3. The molecule has 2 aliphatic heterocycles. The van der Waals surface area contributed by atoms with Crippen LogP contribution in [0.3, 0.4) is 0 Å². The zero-order chi connectivity index (χ0) is 29.9. The van der Waals surface area contributed by atoms with Crippen LogP contribution in [-0.2, 0) is 27.3 Å². The van der Waals surface area contributed by atoms with Gasteiger partial charge in [0.2, 0.25) is 5.91 Å². The van der Waals surface area contributed by atoms with Crippen LogP contribution in [0, 0.1) is 22.9 Å². The topological polar surface area (TPSA) is 68.3 Å². The fraction of sp³-hybridized carbons (Fsp3) is 0.375. The maximum Gasteiger partial charge on any atom is 0.315 e. The Kier molecular flexibility index (Phi) is 8.61. The lowest BCUT2D eigenvalue weighted by atomic mass is 9.79. The van der Waals surface area contributed by atoms with Crippen molar-refractivity contribution in [3.05, 3.63) is 83.2 Å². The number of amides is 1. The van der Waals surface area contributed by atoms with Gasteiger partial charge in [0, 0.05) is 31.1 Å². The molecule has 42 heavy (non-hydrogen) atoms. The van der Waals surface area contributed by atoms with Crippen LogP contribution in [0.4, 0.5) is 24.5 Å². The molecule has 7 nitrogen and oxygen atoms in total. The SMILES string of the molecule is CCOC(=O)C1(COc2ccc(F)c3c2CCC(=O)N3Cc2ccc(OC)cc2)CCN(c2ccc(F)cc2F)CC1. The summed E-state index contributed by atoms with van der Waals surface area (Å²) in [5.41, 5.74) is 0.800. The van der Waals surface area contributed by atoms with Gasteiger partial charge in [-0.1, -0.05) is 12.1 Å². The molecule has 0 aromatic heterocycles. The summed E-state index contributed by atoms with van der Waals surface area (Å²) in [5.74, 6) is -1.40. The number of hydrogen-bond donors (Lipinski definition) is 0. The predicted molar refractivity (Wildman–Crippen MR) is 151 cm³/mol. The number of benzene rings is 3. The molecular weight excluding hydrogens is 549 g/mol. The van der Waals surface area contributed by atoms with Gasteiger partial charge in [-0.25, -0.2) is 13.2 Å². The molecule has 0 saturated carbocycles. The highest BCUT2D eigenvalue weighted by molar-refractivity contribution is 5.97. The zero-order valence-electron chi connectivity index (χ0n) is 23.6. The monoisotopic (exact) mass is 582 g/mol. The zero-order valence-corrected chi connectivity index (χ0v) is 23.6. The molecule has 0 aliphatic carbocycles. The molecule has 1 amide bonds. The first-order chi connectivity index (χ1) is 20.2. The lowest BCUT2D eigenvalue weighted by molar-refractivity contribution is -0.159. The van der Waals surface area contributed by atoms with E-state index in [1.807, 2.05) is 12.1 Å². The molecule has 0 N–H and O–H groups in total. The van der Waals surface area contributed by atoms with E-state index in [9.17, 15) is 18.4 Å². The van der Waals surface area contributed by atoms with E-state index < -0.39 is 28.8 Å². The van der Waals surface area contributed by atoms with Crippen LogP contribution in [0.15, 0.2) is 54.6 Å². The molecule has 0 radical (unpaired) electrons. The van der Waals surface area contributed by atoms with E-state index in [1.54, 1.807) is 31.1 Å². The molecule has 222 valence electrons. The average molecular weight is 583 g/mol. The van der Waals surface area contributed by atoms with Crippen molar-refractivity contribution >= 4 is 23.3 Å². The van der Waals surface area contributed by atoms with Gasteiger partial charge in [-0.3, -0.25) is 9.59 Å². The summed E-state index contributed by atoms with van der Waals surface area (Å²) in [7, 11) is 1.57. The molecule has 0 spiro atoms. The number of nitrogens with zero attached hydrogens (tertiary/aromatic N) is 2. The Morgan fingerprint density at radius 1 is 0.952 bits per heavy atom. The molecule has 10 heteroatoms. The molecule has 1 saturated heterocycles. The van der Waals surface area contributed by atoms with Crippen LogP contribution in [0.5, 0.6) is 11.5 Å². The second-order valence-corrected chi connectivity index (χ2v) is 10.6. The fourth-order valence-electron chi connectivity index (χ4n) is 5.65. The van der Waals surface area contributed by atoms with Crippen LogP contribution in [0.2, 0.25) is 0 Å². The van der Waals surface area contributed by atoms with Crippen molar-refractivity contribution in [2.75, 3.05) is 43.2 Å². The van der Waals surface area contributed by atoms with Crippen molar-refractivity contribution in [1.29, 1.82) is 0 Å². The molecule has 0 bridgehead atoms. The molecule has 0 unspecified atom stereocenters. The summed E-state index contributed by atoms with van der Waals surface area (Å²) in [6.07, 6.45) is 1.11. The first-order valence-electron chi connectivity index (χ1n) is 14.0. The minimum Gasteiger partial charge on any atom is -0.497 e. The number of fused-ring (bicyclic) bond motifs is 1. The van der Waals surface area contributed by atoms with Crippen molar-refractivity contribution < 1.29 is 37.0 Å². The van der Waals surface area contributed by atoms with Gasteiger partial charge >= 0.3 is 5.97 Å². The number of piperidine rings is 1. The average Bonchev–Trinajstić information content (AvgIpc) is 2.99. The minimum absolute atomic E-state index is 0.0317. The van der Waals surface area contributed by atoms with E-state index >= 15 is 4.39 Å². The van der Waals surface area contributed by atoms with Gasteiger partial charge in [-0.2, -0.15) is 0 Å². The molecule has 2 heterocycles. The van der Waals surface area contributed by atoms with Gasteiger partial charge in [0.05, 0.1) is 31.6 Å². The normalized spacial score (nSPS) is 16.2. The van der Waals surface area contributed by atoms with E-state index in [0.717, 1.165) is 11.6 Å². The highest BCUT2D eigenvalue weighted by Gasteiger charge is 2.44. The summed E-state index contributed by atoms with van der Waals surface area (Å²) in [4.78, 5) is 29.4. The third-order valence-corrected chi connectivity index (χ3v) is 8.03. The van der Waals surface area contributed by atoms with Gasteiger partial charge in [0.15, 0.2) is 0 Å². The van der Waals surface area contributed by atoms with E-state index in [0.29, 0.717) is 49.4 Å². The van der Waals surface area contributed by atoms with Gasteiger partial charge < -0.3 is 24.0 Å². The first-order valence-corrected chi connectivity index (χ1v) is 14.0. The number of carbonyl (C=O) groups excluding carboxylic acids is 2. The number of rotatable bonds is 9. The summed E-state index contributed by atoms with van der Waals surface area (Å²) in [5, 5.41) is 0. The largest absolute Gasteiger partial charge is 0.497 e. The Bertz CT molecular complexity index is 1460. The highest BCUT2D eigenvalue weighted by Crippen LogP contribution is 2.41. The van der Waals surface area contributed by atoms with Crippen molar-refractivity contribution in [3.8, 4) is 11.5 Å². The maximum absolute atomic E-state index is 15.3. The van der Waals surface area contributed by atoms with E-state index in [4.69, 9.17) is 14.2 Å². The summed E-state index contributed by atoms with van der Waals surface area (Å²) in [6, 6.07) is 13.4. The number of anilines is 2. The quantitative estimate of drug-likeness (QED) is 0.296. The fourth-order valence-corrected chi connectivity index (χ4v) is 5.65. The number of methoxy groups -OCH3 is 1.